The molecule has 1 amide bonds. The van der Waals surface area contributed by atoms with E-state index in [1.165, 1.54) is 0 Å². The highest BCUT2D eigenvalue weighted by molar-refractivity contribution is 5.79. The smallest absolute Gasteiger partial charge is 0.334 e. The summed E-state index contributed by atoms with van der Waals surface area (Å²) in [6, 6.07) is 7.62. The quantitative estimate of drug-likeness (QED) is 0.639. The van der Waals surface area contributed by atoms with E-state index in [1.54, 1.807) is 43.1 Å². The van der Waals surface area contributed by atoms with Crippen molar-refractivity contribution >= 4 is 11.6 Å². The van der Waals surface area contributed by atoms with E-state index in [-0.39, 0.29) is 29.9 Å². The molecule has 0 N–H and O–H groups in total. The van der Waals surface area contributed by atoms with Gasteiger partial charge in [0.15, 0.2) is 5.65 Å². The maximum Gasteiger partial charge on any atom is 0.433 e. The molecule has 0 aromatic carbocycles. The predicted molar refractivity (Wildman–Crippen MR) is 104 cm³/mol. The molecular weight excluding hydrogens is 395 g/mol. The summed E-state index contributed by atoms with van der Waals surface area (Å²) in [6.45, 7) is 4.14. The van der Waals surface area contributed by atoms with Crippen LogP contribution in [0, 0.1) is 0 Å². The fraction of sp³-hybridized carbons (Fsp3) is 0.429. The molecule has 1 saturated heterocycles. The molecule has 1 fully saturated rings. The first-order valence-corrected chi connectivity index (χ1v) is 9.91. The zero-order valence-electron chi connectivity index (χ0n) is 16.7. The summed E-state index contributed by atoms with van der Waals surface area (Å²) in [5.74, 6) is -0.266. The Bertz CT molecular complexity index is 1060. The number of rotatable bonds is 4. The van der Waals surface area contributed by atoms with E-state index in [9.17, 15) is 18.0 Å². The van der Waals surface area contributed by atoms with Gasteiger partial charge < -0.3 is 4.90 Å². The molecule has 6 nitrogen and oxygen atoms in total. The highest BCUT2D eigenvalue weighted by Crippen LogP contribution is 2.35. The molecule has 1 aliphatic rings. The number of fused-ring (bicyclic) bond motifs is 1. The van der Waals surface area contributed by atoms with Crippen molar-refractivity contribution in [2.75, 3.05) is 6.54 Å². The summed E-state index contributed by atoms with van der Waals surface area (Å²) in [5.41, 5.74) is 0.738. The molecule has 0 aliphatic carbocycles. The third-order valence-electron chi connectivity index (χ3n) is 5.32. The van der Waals surface area contributed by atoms with Crippen LogP contribution < -0.4 is 0 Å². The fourth-order valence-electron chi connectivity index (χ4n) is 3.80. The number of halogens is 3. The Morgan fingerprint density at radius 2 is 2.07 bits per heavy atom. The first-order valence-electron chi connectivity index (χ1n) is 9.91. The van der Waals surface area contributed by atoms with Crippen LogP contribution in [0.1, 0.15) is 61.4 Å². The van der Waals surface area contributed by atoms with Crippen LogP contribution in [-0.2, 0) is 17.4 Å². The minimum Gasteiger partial charge on any atom is -0.334 e. The van der Waals surface area contributed by atoms with Crippen molar-refractivity contribution in [3.8, 4) is 0 Å². The lowest BCUT2D eigenvalue weighted by Crippen LogP contribution is -2.32. The highest BCUT2D eigenvalue weighted by atomic mass is 19.4. The number of carbonyl (C=O) groups excluding carboxylic acids is 1. The van der Waals surface area contributed by atoms with Crippen LogP contribution in [-0.4, -0.2) is 36.9 Å². The van der Waals surface area contributed by atoms with Gasteiger partial charge in [-0.15, -0.1) is 0 Å². The molecule has 1 aliphatic heterocycles. The van der Waals surface area contributed by atoms with Gasteiger partial charge in [-0.1, -0.05) is 19.9 Å². The summed E-state index contributed by atoms with van der Waals surface area (Å²) in [5, 5.41) is 4.23. The molecule has 3 aromatic heterocycles. The van der Waals surface area contributed by atoms with Gasteiger partial charge in [0, 0.05) is 30.2 Å². The largest absolute Gasteiger partial charge is 0.433 e. The monoisotopic (exact) mass is 417 g/mol. The van der Waals surface area contributed by atoms with Crippen molar-refractivity contribution in [1.29, 1.82) is 0 Å². The zero-order valence-corrected chi connectivity index (χ0v) is 16.7. The normalized spacial score (nSPS) is 17.3. The minimum atomic E-state index is -4.56. The van der Waals surface area contributed by atoms with E-state index in [4.69, 9.17) is 0 Å². The Hall–Kier alpha value is -2.97. The van der Waals surface area contributed by atoms with E-state index in [0.717, 1.165) is 17.0 Å². The lowest BCUT2D eigenvalue weighted by atomic mass is 10.1. The molecule has 30 heavy (non-hydrogen) atoms. The molecule has 0 radical (unpaired) electrons. The summed E-state index contributed by atoms with van der Waals surface area (Å²) >= 11 is 0. The number of likely N-dealkylation sites (tertiary alicyclic amines) is 1. The van der Waals surface area contributed by atoms with Crippen LogP contribution in [0.15, 0.2) is 36.5 Å². The molecule has 4 heterocycles. The molecule has 0 bridgehead atoms. The second-order valence-corrected chi connectivity index (χ2v) is 7.80. The number of hydrogen-bond donors (Lipinski definition) is 0. The van der Waals surface area contributed by atoms with Crippen LogP contribution in [0.3, 0.4) is 0 Å². The van der Waals surface area contributed by atoms with Gasteiger partial charge in [-0.25, -0.2) is 9.50 Å². The zero-order chi connectivity index (χ0) is 21.5. The SMILES string of the molecule is CC(C)c1cc(C(F)(F)F)n2nc([C@@H]3CCCN3C(=O)Cc3ccccn3)cc2n1. The molecule has 4 rings (SSSR count). The van der Waals surface area contributed by atoms with Crippen LogP contribution >= 0.6 is 0 Å². The second-order valence-electron chi connectivity index (χ2n) is 7.80. The Morgan fingerprint density at radius 3 is 2.73 bits per heavy atom. The predicted octanol–water partition coefficient (Wildman–Crippen LogP) is 4.17. The summed E-state index contributed by atoms with van der Waals surface area (Å²) in [6.07, 6.45) is -1.37. The van der Waals surface area contributed by atoms with Crippen LogP contribution in [0.5, 0.6) is 0 Å². The molecule has 0 saturated carbocycles. The molecule has 1 atom stereocenters. The van der Waals surface area contributed by atoms with Crippen LogP contribution in [0.25, 0.3) is 5.65 Å². The topological polar surface area (TPSA) is 63.4 Å². The Labute approximate surface area is 171 Å². The van der Waals surface area contributed by atoms with Crippen molar-refractivity contribution in [3.63, 3.8) is 0 Å². The lowest BCUT2D eigenvalue weighted by molar-refractivity contribution is -0.142. The van der Waals surface area contributed by atoms with Gasteiger partial charge in [0.25, 0.3) is 0 Å². The van der Waals surface area contributed by atoms with Gasteiger partial charge in [-0.3, -0.25) is 9.78 Å². The maximum absolute atomic E-state index is 13.6. The third kappa shape index (κ3) is 3.88. The van der Waals surface area contributed by atoms with E-state index in [0.29, 0.717) is 30.0 Å². The van der Waals surface area contributed by atoms with Crippen molar-refractivity contribution in [1.82, 2.24) is 24.5 Å². The Balaban J connectivity index is 1.69. The molecular formula is C21H22F3N5O. The van der Waals surface area contributed by atoms with Gasteiger partial charge >= 0.3 is 6.18 Å². The Kier molecular flexibility index (Phi) is 5.21. The molecule has 9 heteroatoms. The molecule has 0 unspecified atom stereocenters. The van der Waals surface area contributed by atoms with E-state index in [1.807, 2.05) is 6.07 Å². The van der Waals surface area contributed by atoms with Crippen LogP contribution in [0.2, 0.25) is 0 Å². The fourth-order valence-corrected chi connectivity index (χ4v) is 3.80. The van der Waals surface area contributed by atoms with Gasteiger partial charge in [0.1, 0.15) is 5.69 Å². The number of alkyl halides is 3. The number of pyridine rings is 1. The average Bonchev–Trinajstić information content (AvgIpc) is 3.33. The van der Waals surface area contributed by atoms with Gasteiger partial charge in [0.05, 0.1) is 18.2 Å². The minimum absolute atomic E-state index is 0.111. The number of amides is 1. The number of carbonyl (C=O) groups is 1. The molecule has 3 aromatic rings. The van der Waals surface area contributed by atoms with E-state index in [2.05, 4.69) is 15.1 Å². The second kappa shape index (κ2) is 7.70. The third-order valence-corrected chi connectivity index (χ3v) is 5.32. The number of nitrogens with zero attached hydrogens (tertiary/aromatic N) is 5. The molecule has 0 spiro atoms. The van der Waals surface area contributed by atoms with Crippen molar-refractivity contribution < 1.29 is 18.0 Å². The Morgan fingerprint density at radius 1 is 1.27 bits per heavy atom. The first-order chi connectivity index (χ1) is 14.2. The average molecular weight is 417 g/mol. The van der Waals surface area contributed by atoms with E-state index < -0.39 is 11.9 Å². The molecule has 158 valence electrons. The summed E-state index contributed by atoms with van der Waals surface area (Å²) < 4.78 is 41.8. The number of hydrogen-bond acceptors (Lipinski definition) is 4. The van der Waals surface area contributed by atoms with Crippen molar-refractivity contribution in [3.05, 3.63) is 59.3 Å². The summed E-state index contributed by atoms with van der Waals surface area (Å²) in [4.78, 5) is 23.1. The first kappa shape index (κ1) is 20.3. The van der Waals surface area contributed by atoms with Gasteiger partial charge in [-0.05, 0) is 37.0 Å². The van der Waals surface area contributed by atoms with Crippen molar-refractivity contribution in [2.45, 2.75) is 51.2 Å². The summed E-state index contributed by atoms with van der Waals surface area (Å²) in [7, 11) is 0. The lowest BCUT2D eigenvalue weighted by Gasteiger charge is -2.23. The maximum atomic E-state index is 13.6. The van der Waals surface area contributed by atoms with Crippen molar-refractivity contribution in [2.24, 2.45) is 0 Å². The van der Waals surface area contributed by atoms with E-state index >= 15 is 0 Å². The van der Waals surface area contributed by atoms with Gasteiger partial charge in [0.2, 0.25) is 5.91 Å². The van der Waals surface area contributed by atoms with Crippen LogP contribution in [0.4, 0.5) is 13.2 Å². The standard InChI is InChI=1S/C21H22F3N5O/c1-13(2)15-11-18(21(22,23)24)29-19(26-15)12-16(27-29)17-7-5-9-28(17)20(30)10-14-6-3-4-8-25-14/h3-4,6,8,11-13,17H,5,7,9-10H2,1-2H3/t17-/m0/s1. The number of aromatic nitrogens is 4. The van der Waals surface area contributed by atoms with Gasteiger partial charge in [-0.2, -0.15) is 18.3 Å². The highest BCUT2D eigenvalue weighted by Gasteiger charge is 2.37.